The second-order valence-electron chi connectivity index (χ2n) is 8.18. The number of fused-ring (bicyclic) bond motifs is 2. The first-order chi connectivity index (χ1) is 14.0. The average molecular weight is 456 g/mol. The second-order valence-corrected chi connectivity index (χ2v) is 11.9. The Balaban J connectivity index is 1.97. The first-order valence-corrected chi connectivity index (χ1v) is 12.8. The van der Waals surface area contributed by atoms with E-state index >= 15 is 0 Å². The van der Waals surface area contributed by atoms with Gasteiger partial charge in [0.25, 0.3) is 0 Å². The summed E-state index contributed by atoms with van der Waals surface area (Å²) in [5, 5.41) is 5.57. The Bertz CT molecular complexity index is 1270. The summed E-state index contributed by atoms with van der Waals surface area (Å²) < 4.78 is 3.30. The van der Waals surface area contributed by atoms with E-state index in [0.29, 0.717) is 0 Å². The third-order valence-corrected chi connectivity index (χ3v) is 10.8. The monoisotopic (exact) mass is 454 g/mol. The summed E-state index contributed by atoms with van der Waals surface area (Å²) >= 11 is -0.939. The molecule has 29 heavy (non-hydrogen) atoms. The van der Waals surface area contributed by atoms with Crippen LogP contribution in [0.3, 0.4) is 0 Å². The second kappa shape index (κ2) is 8.04. The van der Waals surface area contributed by atoms with Crippen molar-refractivity contribution in [3.8, 4) is 0 Å². The van der Waals surface area contributed by atoms with Crippen LogP contribution in [-0.4, -0.2) is 0 Å². The minimum absolute atomic E-state index is 0.0396. The maximum absolute atomic E-state index is 2.52. The molecular formula is C28H28Zr. The van der Waals surface area contributed by atoms with Crippen molar-refractivity contribution < 1.29 is 23.2 Å². The molecule has 3 aromatic carbocycles. The zero-order valence-electron chi connectivity index (χ0n) is 18.0. The fraction of sp³-hybridized carbons (Fsp3) is 0.214. The molecule has 1 heteroatoms. The predicted octanol–water partition coefficient (Wildman–Crippen LogP) is 6.04. The quantitative estimate of drug-likeness (QED) is 0.421. The Kier molecular flexibility index (Phi) is 5.63. The van der Waals surface area contributed by atoms with Crippen LogP contribution in [0.15, 0.2) is 87.2 Å². The zero-order chi connectivity index (χ0) is 20.6. The number of benzene rings is 3. The Hall–Kier alpha value is -1.98. The molecule has 1 atom stereocenters. The summed E-state index contributed by atoms with van der Waals surface area (Å²) in [6.45, 7) is 11.5. The fourth-order valence-electron chi connectivity index (χ4n) is 4.39. The summed E-state index contributed by atoms with van der Waals surface area (Å²) in [7, 11) is 0. The van der Waals surface area contributed by atoms with E-state index in [0.717, 1.165) is 0 Å². The Labute approximate surface area is 185 Å². The van der Waals surface area contributed by atoms with Crippen LogP contribution >= 0.6 is 0 Å². The van der Waals surface area contributed by atoms with Gasteiger partial charge in [-0.15, -0.1) is 0 Å². The molecule has 0 nitrogen and oxygen atoms in total. The molecule has 0 saturated carbocycles. The molecular weight excluding hydrogens is 428 g/mol. The van der Waals surface area contributed by atoms with Crippen molar-refractivity contribution in [2.45, 2.75) is 40.0 Å². The zero-order valence-corrected chi connectivity index (χ0v) is 20.5. The van der Waals surface area contributed by atoms with E-state index in [1.165, 1.54) is 37.9 Å². The predicted molar refractivity (Wildman–Crippen MR) is 123 cm³/mol. The summed E-state index contributed by atoms with van der Waals surface area (Å²) in [6.07, 6.45) is 4.76. The molecule has 0 aliphatic heterocycles. The van der Waals surface area contributed by atoms with Gasteiger partial charge >= 0.3 is 187 Å². The van der Waals surface area contributed by atoms with Crippen LogP contribution in [0.2, 0.25) is 0 Å². The van der Waals surface area contributed by atoms with Gasteiger partial charge in [0.05, 0.1) is 0 Å². The molecule has 0 amide bonds. The standard InChI is InChI=1S/C20H15.C8H13.Zr/c1-20(13-16-8-2-3-9-17(16)14-20)19-12-6-10-15-7-4-5-11-18(15)19;1-5-7(3)8(4)6-2;/h2-13H,1H3;5H,1-4H3;. The third kappa shape index (κ3) is 3.55. The minimum atomic E-state index is -0.939. The van der Waals surface area contributed by atoms with E-state index < -0.39 is 23.2 Å². The van der Waals surface area contributed by atoms with Gasteiger partial charge in [-0.05, 0) is 0 Å². The molecule has 0 bridgehead atoms. The first kappa shape index (κ1) is 20.3. The molecule has 3 aromatic rings. The van der Waals surface area contributed by atoms with E-state index in [9.17, 15) is 0 Å². The molecule has 0 spiro atoms. The van der Waals surface area contributed by atoms with Crippen molar-refractivity contribution in [1.82, 2.24) is 0 Å². The van der Waals surface area contributed by atoms with Gasteiger partial charge in [-0.3, -0.25) is 0 Å². The normalized spacial score (nSPS) is 19.6. The fourth-order valence-corrected chi connectivity index (χ4v) is 8.30. The van der Waals surface area contributed by atoms with Crippen LogP contribution in [0.5, 0.6) is 0 Å². The van der Waals surface area contributed by atoms with Gasteiger partial charge in [-0.2, -0.15) is 0 Å². The van der Waals surface area contributed by atoms with Crippen LogP contribution in [0.25, 0.3) is 20.1 Å². The van der Waals surface area contributed by atoms with Crippen molar-refractivity contribution in [2.75, 3.05) is 0 Å². The molecule has 1 aliphatic rings. The molecule has 0 fully saturated rings. The number of hydrogen-bond donors (Lipinski definition) is 0. The Morgan fingerprint density at radius 1 is 0.862 bits per heavy atom. The third-order valence-electron chi connectivity index (χ3n) is 6.44. The van der Waals surface area contributed by atoms with Crippen LogP contribution in [0, 0.1) is 0 Å². The van der Waals surface area contributed by atoms with Crippen LogP contribution in [0.1, 0.15) is 40.2 Å². The van der Waals surface area contributed by atoms with E-state index in [4.69, 9.17) is 0 Å². The van der Waals surface area contributed by atoms with Gasteiger partial charge in [0.15, 0.2) is 0 Å². The number of hydrogen-bond acceptors (Lipinski definition) is 0. The average Bonchev–Trinajstić information content (AvgIpc) is 3.04. The van der Waals surface area contributed by atoms with Crippen molar-refractivity contribution in [2.24, 2.45) is 0 Å². The van der Waals surface area contributed by atoms with E-state index in [2.05, 4.69) is 114 Å². The van der Waals surface area contributed by atoms with Crippen LogP contribution in [-0.2, 0) is 28.6 Å². The molecule has 144 valence electrons. The Morgan fingerprint density at radius 2 is 1.55 bits per heavy atom. The molecule has 0 heterocycles. The van der Waals surface area contributed by atoms with E-state index in [1.807, 2.05) is 0 Å². The summed E-state index contributed by atoms with van der Waals surface area (Å²) in [5.41, 5.74) is 4.29. The summed E-state index contributed by atoms with van der Waals surface area (Å²) in [4.78, 5) is 0. The summed E-state index contributed by atoms with van der Waals surface area (Å²) in [6, 6.07) is 24.6. The van der Waals surface area contributed by atoms with Gasteiger partial charge in [0.1, 0.15) is 0 Å². The first-order valence-electron chi connectivity index (χ1n) is 10.3. The van der Waals surface area contributed by atoms with Crippen LogP contribution < -0.4 is 10.4 Å². The maximum atomic E-state index is 2.52. The van der Waals surface area contributed by atoms with Gasteiger partial charge in [-0.25, -0.2) is 0 Å². The molecule has 0 N–H and O–H groups in total. The topological polar surface area (TPSA) is 0 Å². The van der Waals surface area contributed by atoms with Crippen molar-refractivity contribution in [3.05, 3.63) is 103 Å². The van der Waals surface area contributed by atoms with Crippen LogP contribution in [0.4, 0.5) is 0 Å². The van der Waals surface area contributed by atoms with Crippen molar-refractivity contribution in [1.29, 1.82) is 0 Å². The molecule has 1 aliphatic carbocycles. The van der Waals surface area contributed by atoms with E-state index in [1.54, 1.807) is 6.56 Å². The molecule has 0 saturated heterocycles. The Morgan fingerprint density at radius 3 is 2.34 bits per heavy atom. The molecule has 1 unspecified atom stereocenters. The van der Waals surface area contributed by atoms with Gasteiger partial charge in [0.2, 0.25) is 0 Å². The van der Waals surface area contributed by atoms with Gasteiger partial charge in [-0.1, -0.05) is 0 Å². The van der Waals surface area contributed by atoms with Crippen molar-refractivity contribution >= 4 is 20.1 Å². The van der Waals surface area contributed by atoms with Gasteiger partial charge in [0, 0.05) is 0 Å². The molecule has 0 radical (unpaired) electrons. The SMILES string of the molecule is CC=C(C)C(C)=[C](C)[Zr][C]1=c2ccccc2=CC1(C)c1cccc2ccccc12. The molecule has 4 rings (SSSR count). The van der Waals surface area contributed by atoms with E-state index in [-0.39, 0.29) is 5.41 Å². The van der Waals surface area contributed by atoms with Crippen molar-refractivity contribution in [3.63, 3.8) is 0 Å². The number of allylic oxidation sites excluding steroid dienone is 4. The number of rotatable bonds is 4. The summed E-state index contributed by atoms with van der Waals surface area (Å²) in [5.74, 6) is 0. The molecule has 0 aromatic heterocycles. The van der Waals surface area contributed by atoms with Gasteiger partial charge < -0.3 is 0 Å².